The molecule has 3 aliphatic heterocycles. The van der Waals surface area contributed by atoms with Crippen LogP contribution >= 0.6 is 0 Å². The van der Waals surface area contributed by atoms with E-state index in [9.17, 15) is 4.79 Å². The Kier molecular flexibility index (Phi) is 3.02. The van der Waals surface area contributed by atoms with E-state index in [2.05, 4.69) is 51.5 Å². The molecule has 1 aromatic carbocycles. The van der Waals surface area contributed by atoms with Gasteiger partial charge in [0.25, 0.3) is 5.56 Å². The van der Waals surface area contributed by atoms with Crippen LogP contribution in [0.25, 0.3) is 21.8 Å². The number of piperidine rings is 1. The number of para-hydroxylation sites is 1. The zero-order chi connectivity index (χ0) is 17.4. The summed E-state index contributed by atoms with van der Waals surface area (Å²) in [7, 11) is 2.27. The largest absolute Gasteiger partial charge is 0.340 e. The van der Waals surface area contributed by atoms with Crippen molar-refractivity contribution in [2.24, 2.45) is 0 Å². The topological polar surface area (TPSA) is 30.2 Å². The summed E-state index contributed by atoms with van der Waals surface area (Å²) in [5.74, 6) is 0. The van der Waals surface area contributed by atoms with Gasteiger partial charge in [0.15, 0.2) is 0 Å². The maximum absolute atomic E-state index is 13.6. The second kappa shape index (κ2) is 5.23. The zero-order valence-corrected chi connectivity index (χ0v) is 15.3. The van der Waals surface area contributed by atoms with Crippen LogP contribution in [0.3, 0.4) is 0 Å². The minimum atomic E-state index is 0.231. The molecule has 0 saturated carbocycles. The number of pyridine rings is 1. The highest BCUT2D eigenvalue weighted by Gasteiger charge is 2.39. The van der Waals surface area contributed by atoms with E-state index in [0.717, 1.165) is 43.0 Å². The first-order valence-electron chi connectivity index (χ1n) is 10.1. The number of hydrogen-bond acceptors (Lipinski definition) is 2. The summed E-state index contributed by atoms with van der Waals surface area (Å²) in [4.78, 5) is 16.2. The highest BCUT2D eigenvalue weighted by atomic mass is 16.1. The lowest BCUT2D eigenvalue weighted by Crippen LogP contribution is -2.42. The summed E-state index contributed by atoms with van der Waals surface area (Å²) in [5, 5.41) is 2.10. The monoisotopic (exact) mass is 347 g/mol. The molecule has 3 aromatic rings. The zero-order valence-electron chi connectivity index (χ0n) is 15.3. The molecule has 4 heteroatoms. The number of hydrogen-bond donors (Lipinski definition) is 0. The first-order chi connectivity index (χ1) is 12.7. The summed E-state index contributed by atoms with van der Waals surface area (Å²) in [6.45, 7) is 1.03. The first-order valence-corrected chi connectivity index (χ1v) is 10.1. The summed E-state index contributed by atoms with van der Waals surface area (Å²) in [6.07, 6.45) is 9.30. The number of aromatic nitrogens is 2. The number of rotatable bonds is 1. The normalized spacial score (nSPS) is 28.3. The van der Waals surface area contributed by atoms with Gasteiger partial charge in [-0.05, 0) is 57.2 Å². The van der Waals surface area contributed by atoms with E-state index in [4.69, 9.17) is 0 Å². The van der Waals surface area contributed by atoms with E-state index in [-0.39, 0.29) is 5.56 Å². The average Bonchev–Trinajstić information content (AvgIpc) is 3.08. The smallest absolute Gasteiger partial charge is 0.260 e. The number of benzene rings is 1. The fourth-order valence-corrected chi connectivity index (χ4v) is 5.99. The molecule has 6 rings (SSSR count). The van der Waals surface area contributed by atoms with Crippen molar-refractivity contribution in [3.8, 4) is 0 Å². The van der Waals surface area contributed by atoms with Crippen LogP contribution in [0.5, 0.6) is 0 Å². The molecular weight excluding hydrogens is 322 g/mol. The van der Waals surface area contributed by atoms with Crippen molar-refractivity contribution < 1.29 is 0 Å². The minimum absolute atomic E-state index is 0.231. The number of aryl methyl sites for hydroxylation is 2. The van der Waals surface area contributed by atoms with E-state index in [1.807, 2.05) is 0 Å². The standard InChI is InChI=1S/C22H25N3O/c1-23-15-8-9-16(23)12-17(11-15)25-13-14-5-4-10-24-19-7-3-2-6-18(19)20(21(14)24)22(25)26/h2-3,6-7,13,15-17H,4-5,8-12H2,1H3/t15-,16+,17-. The Morgan fingerprint density at radius 2 is 1.81 bits per heavy atom. The van der Waals surface area contributed by atoms with Gasteiger partial charge in [-0.15, -0.1) is 0 Å². The predicted molar refractivity (Wildman–Crippen MR) is 105 cm³/mol. The molecule has 134 valence electrons. The fraction of sp³-hybridized carbons (Fsp3) is 0.500. The maximum atomic E-state index is 13.6. The SMILES string of the molecule is CN1[C@@H]2CC[C@H]1C[C@H](n1cc3c4c(c1=O)c1ccccc1n4CCC3)C2. The predicted octanol–water partition coefficient (Wildman–Crippen LogP) is 3.70. The van der Waals surface area contributed by atoms with Crippen LogP contribution in [-0.4, -0.2) is 33.2 Å². The second-order valence-electron chi connectivity index (χ2n) is 8.54. The van der Waals surface area contributed by atoms with Crippen LogP contribution in [0.4, 0.5) is 0 Å². The van der Waals surface area contributed by atoms with Gasteiger partial charge < -0.3 is 14.0 Å². The van der Waals surface area contributed by atoms with Gasteiger partial charge in [0.05, 0.1) is 10.9 Å². The van der Waals surface area contributed by atoms with Crippen molar-refractivity contribution in [3.05, 3.63) is 46.4 Å². The van der Waals surface area contributed by atoms with Gasteiger partial charge in [0.2, 0.25) is 0 Å². The molecule has 0 spiro atoms. The maximum Gasteiger partial charge on any atom is 0.260 e. The molecule has 2 aromatic heterocycles. The fourth-order valence-electron chi connectivity index (χ4n) is 5.99. The number of nitrogens with zero attached hydrogens (tertiary/aromatic N) is 3. The Labute approximate surface area is 153 Å². The van der Waals surface area contributed by atoms with Crippen LogP contribution in [0.15, 0.2) is 35.3 Å². The third-order valence-electron chi connectivity index (χ3n) is 7.31. The van der Waals surface area contributed by atoms with Crippen LogP contribution in [0.2, 0.25) is 0 Å². The lowest BCUT2D eigenvalue weighted by Gasteiger charge is -2.37. The summed E-state index contributed by atoms with van der Waals surface area (Å²) in [6, 6.07) is 10.1. The van der Waals surface area contributed by atoms with E-state index in [1.165, 1.54) is 29.4 Å². The molecule has 0 unspecified atom stereocenters. The van der Waals surface area contributed by atoms with E-state index < -0.39 is 0 Å². The Bertz CT molecular complexity index is 1080. The van der Waals surface area contributed by atoms with Crippen molar-refractivity contribution in [2.45, 2.75) is 63.2 Å². The summed E-state index contributed by atoms with van der Waals surface area (Å²) < 4.78 is 4.51. The molecule has 0 radical (unpaired) electrons. The summed E-state index contributed by atoms with van der Waals surface area (Å²) in [5.41, 5.74) is 4.03. The van der Waals surface area contributed by atoms with Crippen molar-refractivity contribution in [2.75, 3.05) is 7.05 Å². The number of fused-ring (bicyclic) bond motifs is 5. The molecule has 2 fully saturated rings. The molecule has 2 bridgehead atoms. The van der Waals surface area contributed by atoms with Gasteiger partial charge in [-0.1, -0.05) is 18.2 Å². The average molecular weight is 347 g/mol. The Balaban J connectivity index is 1.61. The van der Waals surface area contributed by atoms with E-state index in [1.54, 1.807) is 0 Å². The molecule has 0 aliphatic carbocycles. The molecule has 2 saturated heterocycles. The van der Waals surface area contributed by atoms with Crippen LogP contribution in [0.1, 0.15) is 43.7 Å². The van der Waals surface area contributed by atoms with E-state index in [0.29, 0.717) is 18.1 Å². The van der Waals surface area contributed by atoms with Gasteiger partial charge in [-0.2, -0.15) is 0 Å². The van der Waals surface area contributed by atoms with Crippen molar-refractivity contribution in [1.82, 2.24) is 14.0 Å². The van der Waals surface area contributed by atoms with Crippen LogP contribution in [-0.2, 0) is 13.0 Å². The molecule has 26 heavy (non-hydrogen) atoms. The Hall–Kier alpha value is -2.07. The molecule has 5 heterocycles. The second-order valence-corrected chi connectivity index (χ2v) is 8.54. The van der Waals surface area contributed by atoms with Gasteiger partial charge >= 0.3 is 0 Å². The third-order valence-corrected chi connectivity index (χ3v) is 7.31. The lowest BCUT2D eigenvalue weighted by molar-refractivity contribution is 0.136. The molecule has 3 atom stereocenters. The van der Waals surface area contributed by atoms with Gasteiger partial charge in [0, 0.05) is 41.8 Å². The Morgan fingerprint density at radius 1 is 1.04 bits per heavy atom. The molecule has 4 nitrogen and oxygen atoms in total. The summed E-state index contributed by atoms with van der Waals surface area (Å²) >= 11 is 0. The van der Waals surface area contributed by atoms with Gasteiger partial charge in [-0.25, -0.2) is 0 Å². The van der Waals surface area contributed by atoms with Crippen LogP contribution in [0, 0.1) is 0 Å². The van der Waals surface area contributed by atoms with Crippen molar-refractivity contribution in [1.29, 1.82) is 0 Å². The minimum Gasteiger partial charge on any atom is -0.340 e. The molecule has 0 N–H and O–H groups in total. The van der Waals surface area contributed by atoms with Gasteiger partial charge in [-0.3, -0.25) is 4.79 Å². The highest BCUT2D eigenvalue weighted by Crippen LogP contribution is 2.40. The molecule has 0 amide bonds. The third kappa shape index (κ3) is 1.86. The van der Waals surface area contributed by atoms with Crippen molar-refractivity contribution >= 4 is 21.8 Å². The van der Waals surface area contributed by atoms with E-state index >= 15 is 0 Å². The van der Waals surface area contributed by atoms with Gasteiger partial charge in [0.1, 0.15) is 0 Å². The molecule has 3 aliphatic rings. The highest BCUT2D eigenvalue weighted by molar-refractivity contribution is 6.08. The van der Waals surface area contributed by atoms with Crippen molar-refractivity contribution in [3.63, 3.8) is 0 Å². The van der Waals surface area contributed by atoms with Crippen LogP contribution < -0.4 is 5.56 Å². The molecular formula is C22H25N3O. The Morgan fingerprint density at radius 3 is 2.62 bits per heavy atom. The first kappa shape index (κ1) is 15.0. The quantitative estimate of drug-likeness (QED) is 0.672. The lowest BCUT2D eigenvalue weighted by atomic mass is 9.96.